The maximum Gasteiger partial charge on any atom is 0.378 e. The van der Waals surface area contributed by atoms with Gasteiger partial charge in [0.2, 0.25) is 0 Å². The summed E-state index contributed by atoms with van der Waals surface area (Å²) in [6.45, 7) is -0.456. The van der Waals surface area contributed by atoms with Gasteiger partial charge in [-0.2, -0.15) is 0 Å². The number of benzene rings is 4. The Hall–Kier alpha value is -4.43. The highest BCUT2D eigenvalue weighted by Gasteiger charge is 2.21. The minimum Gasteiger partial charge on any atom is -0.451 e. The van der Waals surface area contributed by atoms with Crippen LogP contribution in [0.2, 0.25) is 0 Å². The Balaban J connectivity index is 1.34. The number of esters is 1. The maximum absolute atomic E-state index is 13.5. The summed E-state index contributed by atoms with van der Waals surface area (Å²) in [5.74, 6) is -1.47. The number of carbonyl (C=O) groups is 2. The van der Waals surface area contributed by atoms with Crippen LogP contribution in [0.15, 0.2) is 108 Å². The normalized spacial score (nSPS) is 10.8. The van der Waals surface area contributed by atoms with Crippen LogP contribution in [0, 0.1) is 5.82 Å². The lowest BCUT2D eigenvalue weighted by Crippen LogP contribution is -2.15. The number of carbonyl (C=O) groups excluding carboxylic acids is 2. The van der Waals surface area contributed by atoms with Gasteiger partial charge in [-0.15, -0.1) is 5.10 Å². The first-order valence-electron chi connectivity index (χ1n) is 11.3. The second-order valence-electron chi connectivity index (χ2n) is 8.10. The topological polar surface area (TPSA) is 74.1 Å². The van der Waals surface area contributed by atoms with Crippen molar-refractivity contribution < 1.29 is 18.7 Å². The molecule has 4 aromatic carbocycles. The molecule has 37 heavy (non-hydrogen) atoms. The largest absolute Gasteiger partial charge is 0.451 e. The average Bonchev–Trinajstić information content (AvgIpc) is 3.38. The van der Waals surface area contributed by atoms with E-state index >= 15 is 0 Å². The number of hydrogen-bond donors (Lipinski definition) is 0. The first-order valence-corrected chi connectivity index (χ1v) is 12.1. The van der Waals surface area contributed by atoms with Gasteiger partial charge in [-0.25, -0.2) is 18.9 Å². The zero-order valence-electron chi connectivity index (χ0n) is 19.3. The lowest BCUT2D eigenvalue weighted by atomic mass is 10.0. The molecule has 0 unspecified atom stereocenters. The fourth-order valence-corrected chi connectivity index (χ4v) is 3.97. The van der Waals surface area contributed by atoms with Gasteiger partial charge >= 0.3 is 5.97 Å². The molecule has 0 N–H and O–H groups in total. The number of nitrogens with zero attached hydrogens (tertiary/aromatic N) is 3. The molecule has 0 aliphatic heterocycles. The van der Waals surface area contributed by atoms with Crippen LogP contribution in [0.5, 0.6) is 0 Å². The summed E-state index contributed by atoms with van der Waals surface area (Å²) in [6, 6.07) is 29.8. The molecule has 0 radical (unpaired) electrons. The fourth-order valence-electron chi connectivity index (χ4n) is 3.70. The van der Waals surface area contributed by atoms with Crippen molar-refractivity contribution in [3.8, 4) is 28.2 Å². The second kappa shape index (κ2) is 10.7. The Morgan fingerprint density at radius 2 is 1.41 bits per heavy atom. The molecule has 0 saturated carbocycles. The van der Waals surface area contributed by atoms with Gasteiger partial charge in [0.1, 0.15) is 5.82 Å². The Morgan fingerprint density at radius 3 is 2.08 bits per heavy atom. The van der Waals surface area contributed by atoms with E-state index in [0.717, 1.165) is 15.6 Å². The van der Waals surface area contributed by atoms with Gasteiger partial charge in [0.15, 0.2) is 18.2 Å². The molecule has 5 aromatic rings. The molecule has 0 bridgehead atoms. The first kappa shape index (κ1) is 24.3. The predicted molar refractivity (Wildman–Crippen MR) is 141 cm³/mol. The minimum absolute atomic E-state index is 0.213. The van der Waals surface area contributed by atoms with E-state index in [-0.39, 0.29) is 11.6 Å². The van der Waals surface area contributed by atoms with Crippen LogP contribution < -0.4 is 0 Å². The van der Waals surface area contributed by atoms with E-state index in [1.54, 1.807) is 36.4 Å². The van der Waals surface area contributed by atoms with E-state index in [0.29, 0.717) is 22.6 Å². The Morgan fingerprint density at radius 1 is 0.784 bits per heavy atom. The molecule has 0 aliphatic rings. The molecule has 0 atom stereocenters. The summed E-state index contributed by atoms with van der Waals surface area (Å²) in [7, 11) is 0. The van der Waals surface area contributed by atoms with Gasteiger partial charge in [0.25, 0.3) is 5.82 Å². The van der Waals surface area contributed by atoms with Crippen LogP contribution in [0.25, 0.3) is 28.2 Å². The number of ketones is 1. The monoisotopic (exact) mass is 555 g/mol. The summed E-state index contributed by atoms with van der Waals surface area (Å²) in [4.78, 5) is 29.8. The smallest absolute Gasteiger partial charge is 0.378 e. The number of ether oxygens (including phenoxy) is 1. The van der Waals surface area contributed by atoms with Crippen molar-refractivity contribution in [3.05, 3.63) is 125 Å². The molecule has 0 amide bonds. The lowest BCUT2D eigenvalue weighted by molar-refractivity contribution is 0.0462. The van der Waals surface area contributed by atoms with E-state index in [4.69, 9.17) is 4.74 Å². The quantitative estimate of drug-likeness (QED) is 0.168. The molecule has 8 heteroatoms. The van der Waals surface area contributed by atoms with Gasteiger partial charge in [-0.05, 0) is 59.7 Å². The molecule has 0 spiro atoms. The Bertz CT molecular complexity index is 1490. The SMILES string of the molecule is O=C(COC(=O)c1nc(-c2ccc(F)cc2)n(-c2ccc(Br)cc2)n1)c1ccc(-c2ccccc2)cc1. The second-order valence-corrected chi connectivity index (χ2v) is 9.01. The third kappa shape index (κ3) is 5.54. The Labute approximate surface area is 220 Å². The summed E-state index contributed by atoms with van der Waals surface area (Å²) in [5, 5.41) is 4.32. The van der Waals surface area contributed by atoms with Crippen LogP contribution >= 0.6 is 15.9 Å². The van der Waals surface area contributed by atoms with E-state index in [9.17, 15) is 14.0 Å². The molecule has 1 aromatic heterocycles. The van der Waals surface area contributed by atoms with Crippen molar-refractivity contribution in [1.82, 2.24) is 14.8 Å². The third-order valence-electron chi connectivity index (χ3n) is 5.61. The number of Topliss-reactive ketones (excluding diaryl/α,β-unsaturated/α-hetero) is 1. The summed E-state index contributed by atoms with van der Waals surface area (Å²) < 4.78 is 21.1. The van der Waals surface area contributed by atoms with Crippen LogP contribution in [-0.4, -0.2) is 33.1 Å². The van der Waals surface area contributed by atoms with Gasteiger partial charge in [-0.3, -0.25) is 4.79 Å². The molecular weight excluding hydrogens is 537 g/mol. The zero-order valence-corrected chi connectivity index (χ0v) is 20.9. The minimum atomic E-state index is -0.839. The van der Waals surface area contributed by atoms with Crippen molar-refractivity contribution in [2.24, 2.45) is 0 Å². The van der Waals surface area contributed by atoms with Crippen LogP contribution in [0.3, 0.4) is 0 Å². The predicted octanol–water partition coefficient (Wildman–Crippen LogP) is 6.54. The summed E-state index contributed by atoms with van der Waals surface area (Å²) in [5.41, 5.74) is 3.64. The molecule has 5 rings (SSSR count). The number of aromatic nitrogens is 3. The van der Waals surface area contributed by atoms with Crippen molar-refractivity contribution in [2.75, 3.05) is 6.61 Å². The van der Waals surface area contributed by atoms with Crippen molar-refractivity contribution in [3.63, 3.8) is 0 Å². The van der Waals surface area contributed by atoms with Gasteiger partial charge in [0, 0.05) is 15.6 Å². The summed E-state index contributed by atoms with van der Waals surface area (Å²) in [6.07, 6.45) is 0. The third-order valence-corrected chi connectivity index (χ3v) is 6.14. The molecule has 0 fully saturated rings. The highest BCUT2D eigenvalue weighted by Crippen LogP contribution is 2.23. The highest BCUT2D eigenvalue weighted by atomic mass is 79.9. The molecule has 0 saturated heterocycles. The molecule has 182 valence electrons. The van der Waals surface area contributed by atoms with Crippen LogP contribution in [-0.2, 0) is 4.74 Å². The highest BCUT2D eigenvalue weighted by molar-refractivity contribution is 9.10. The zero-order chi connectivity index (χ0) is 25.8. The van der Waals surface area contributed by atoms with Gasteiger partial charge in [-0.1, -0.05) is 70.5 Å². The van der Waals surface area contributed by atoms with Crippen molar-refractivity contribution in [2.45, 2.75) is 0 Å². The number of rotatable bonds is 7. The van der Waals surface area contributed by atoms with E-state index in [2.05, 4.69) is 26.0 Å². The number of hydrogen-bond acceptors (Lipinski definition) is 5. The fraction of sp³-hybridized carbons (Fsp3) is 0.0345. The van der Waals surface area contributed by atoms with E-state index < -0.39 is 18.4 Å². The lowest BCUT2D eigenvalue weighted by Gasteiger charge is -2.06. The Kier molecular flexibility index (Phi) is 7.00. The molecule has 1 heterocycles. The van der Waals surface area contributed by atoms with Crippen LogP contribution in [0.1, 0.15) is 21.0 Å². The van der Waals surface area contributed by atoms with E-state index in [1.165, 1.54) is 16.8 Å². The molecule has 6 nitrogen and oxygen atoms in total. The van der Waals surface area contributed by atoms with Crippen LogP contribution in [0.4, 0.5) is 4.39 Å². The first-order chi connectivity index (χ1) is 18.0. The van der Waals surface area contributed by atoms with Gasteiger partial charge in [0.05, 0.1) is 5.69 Å². The van der Waals surface area contributed by atoms with Crippen molar-refractivity contribution >= 4 is 27.7 Å². The maximum atomic E-state index is 13.5. The van der Waals surface area contributed by atoms with Gasteiger partial charge < -0.3 is 4.74 Å². The molecule has 0 aliphatic carbocycles. The summed E-state index contributed by atoms with van der Waals surface area (Å²) >= 11 is 3.39. The number of halogens is 2. The molecular formula is C29H19BrFN3O3. The standard InChI is InChI=1S/C29H19BrFN3O3/c30-23-12-16-25(17-13-23)34-28(22-10-14-24(31)15-11-22)32-27(33-34)29(36)37-18-26(35)21-8-6-20(7-9-21)19-4-2-1-3-5-19/h1-17H,18H2. The average molecular weight is 556 g/mol. The van der Waals surface area contributed by atoms with Crippen molar-refractivity contribution in [1.29, 1.82) is 0 Å². The van der Waals surface area contributed by atoms with E-state index in [1.807, 2.05) is 54.6 Å².